The van der Waals surface area contributed by atoms with E-state index in [4.69, 9.17) is 4.74 Å². The molecule has 0 bridgehead atoms. The van der Waals surface area contributed by atoms with Crippen LogP contribution in [0, 0.1) is 0 Å². The highest BCUT2D eigenvalue weighted by Crippen LogP contribution is 2.33. The van der Waals surface area contributed by atoms with E-state index in [1.54, 1.807) is 0 Å². The number of hydrogen-bond donors (Lipinski definition) is 1. The minimum absolute atomic E-state index is 0.0428. The molecular formula is C8H13NO3. The van der Waals surface area contributed by atoms with E-state index in [0.717, 1.165) is 25.9 Å². The van der Waals surface area contributed by atoms with Crippen LogP contribution in [0.2, 0.25) is 0 Å². The van der Waals surface area contributed by atoms with E-state index >= 15 is 0 Å². The molecule has 0 aromatic heterocycles. The van der Waals surface area contributed by atoms with E-state index in [0.29, 0.717) is 0 Å². The van der Waals surface area contributed by atoms with Crippen molar-refractivity contribution in [3.05, 3.63) is 0 Å². The van der Waals surface area contributed by atoms with Crippen molar-refractivity contribution in [1.29, 1.82) is 0 Å². The Bertz CT molecular complexity index is 200. The van der Waals surface area contributed by atoms with Crippen LogP contribution in [-0.4, -0.2) is 37.9 Å². The zero-order valence-corrected chi connectivity index (χ0v) is 7.13. The van der Waals surface area contributed by atoms with Crippen LogP contribution in [0.4, 0.5) is 0 Å². The van der Waals surface area contributed by atoms with Crippen molar-refractivity contribution in [3.63, 3.8) is 0 Å². The predicted molar refractivity (Wildman–Crippen MR) is 41.7 cm³/mol. The monoisotopic (exact) mass is 171 g/mol. The molecule has 0 aliphatic carbocycles. The molecule has 2 saturated heterocycles. The van der Waals surface area contributed by atoms with Crippen molar-refractivity contribution in [2.24, 2.45) is 0 Å². The van der Waals surface area contributed by atoms with Gasteiger partial charge in [0.1, 0.15) is 0 Å². The van der Waals surface area contributed by atoms with Crippen LogP contribution in [0.5, 0.6) is 0 Å². The highest BCUT2D eigenvalue weighted by atomic mass is 16.6. The first kappa shape index (κ1) is 8.01. The van der Waals surface area contributed by atoms with Gasteiger partial charge in [0.2, 0.25) is 0 Å². The van der Waals surface area contributed by atoms with Gasteiger partial charge in [0.15, 0.2) is 6.10 Å². The Labute approximate surface area is 71.2 Å². The van der Waals surface area contributed by atoms with E-state index in [1.165, 1.54) is 7.11 Å². The minimum atomic E-state index is -0.322. The molecule has 2 aliphatic rings. The number of carbonyl (C=O) groups is 1. The second-order valence-electron chi connectivity index (χ2n) is 3.45. The van der Waals surface area contributed by atoms with E-state index in [-0.39, 0.29) is 17.7 Å². The van der Waals surface area contributed by atoms with Crippen molar-refractivity contribution in [3.8, 4) is 0 Å². The average molecular weight is 171 g/mol. The number of rotatable bonds is 1. The molecule has 1 unspecified atom stereocenters. The van der Waals surface area contributed by atoms with Gasteiger partial charge in [-0.05, 0) is 12.8 Å². The smallest absolute Gasteiger partial charge is 0.335 e. The fraction of sp³-hybridized carbons (Fsp3) is 0.875. The van der Waals surface area contributed by atoms with Crippen LogP contribution in [-0.2, 0) is 14.3 Å². The van der Waals surface area contributed by atoms with Gasteiger partial charge in [0.25, 0.3) is 0 Å². The molecule has 2 rings (SSSR count). The van der Waals surface area contributed by atoms with Crippen LogP contribution < -0.4 is 5.32 Å². The van der Waals surface area contributed by atoms with E-state index in [2.05, 4.69) is 10.1 Å². The van der Waals surface area contributed by atoms with Gasteiger partial charge in [-0.2, -0.15) is 0 Å². The summed E-state index contributed by atoms with van der Waals surface area (Å²) in [6, 6.07) is 0. The summed E-state index contributed by atoms with van der Waals surface area (Å²) in [6.45, 7) is 1.75. The molecule has 2 aliphatic heterocycles. The van der Waals surface area contributed by atoms with E-state index < -0.39 is 0 Å². The molecule has 0 saturated carbocycles. The molecule has 1 N–H and O–H groups in total. The lowest BCUT2D eigenvalue weighted by molar-refractivity contribution is -0.160. The van der Waals surface area contributed by atoms with Crippen LogP contribution in [0.15, 0.2) is 0 Å². The fourth-order valence-electron chi connectivity index (χ4n) is 1.78. The Balaban J connectivity index is 1.93. The third kappa shape index (κ3) is 1.11. The van der Waals surface area contributed by atoms with Crippen molar-refractivity contribution in [1.82, 2.24) is 5.32 Å². The van der Waals surface area contributed by atoms with Gasteiger partial charge in [0, 0.05) is 13.1 Å². The van der Waals surface area contributed by atoms with E-state index in [9.17, 15) is 4.79 Å². The first-order valence-corrected chi connectivity index (χ1v) is 4.22. The maximum atomic E-state index is 11.1. The molecule has 0 radical (unpaired) electrons. The summed E-state index contributed by atoms with van der Waals surface area (Å²) in [5, 5.41) is 3.14. The average Bonchev–Trinajstić information content (AvgIpc) is 2.46. The largest absolute Gasteiger partial charge is 0.467 e. The van der Waals surface area contributed by atoms with E-state index in [1.807, 2.05) is 0 Å². The summed E-state index contributed by atoms with van der Waals surface area (Å²) in [5.74, 6) is -0.237. The molecular weight excluding hydrogens is 158 g/mol. The van der Waals surface area contributed by atoms with Crippen LogP contribution in [0.3, 0.4) is 0 Å². The summed E-state index contributed by atoms with van der Waals surface area (Å²) in [6.07, 6.45) is 1.45. The zero-order valence-electron chi connectivity index (χ0n) is 7.13. The zero-order chi connectivity index (χ0) is 8.60. The summed E-state index contributed by atoms with van der Waals surface area (Å²) in [4.78, 5) is 11.1. The number of methoxy groups -OCH3 is 1. The maximum Gasteiger partial charge on any atom is 0.335 e. The molecule has 1 atom stereocenters. The SMILES string of the molecule is COC(=O)C1CCC2(CNC2)O1. The molecule has 0 aromatic rings. The van der Waals surface area contributed by atoms with Gasteiger partial charge in [-0.1, -0.05) is 0 Å². The Morgan fingerprint density at radius 2 is 2.42 bits per heavy atom. The molecule has 0 aromatic carbocycles. The highest BCUT2D eigenvalue weighted by Gasteiger charge is 2.47. The molecule has 0 amide bonds. The number of ether oxygens (including phenoxy) is 2. The summed E-state index contributed by atoms with van der Waals surface area (Å²) in [5.41, 5.74) is -0.0428. The van der Waals surface area contributed by atoms with Crippen molar-refractivity contribution >= 4 is 5.97 Å². The summed E-state index contributed by atoms with van der Waals surface area (Å²) >= 11 is 0. The lowest BCUT2D eigenvalue weighted by Crippen LogP contribution is -2.59. The summed E-state index contributed by atoms with van der Waals surface area (Å²) in [7, 11) is 1.40. The normalized spacial score (nSPS) is 31.6. The Kier molecular flexibility index (Phi) is 1.81. The Hall–Kier alpha value is -0.610. The lowest BCUT2D eigenvalue weighted by Gasteiger charge is -2.38. The van der Waals surface area contributed by atoms with Crippen LogP contribution in [0.1, 0.15) is 12.8 Å². The number of esters is 1. The quantitative estimate of drug-likeness (QED) is 0.549. The van der Waals surface area contributed by atoms with Crippen molar-refractivity contribution in [2.75, 3.05) is 20.2 Å². The molecule has 1 spiro atoms. The first-order valence-electron chi connectivity index (χ1n) is 4.22. The molecule has 4 nitrogen and oxygen atoms in total. The molecule has 68 valence electrons. The van der Waals surface area contributed by atoms with Crippen molar-refractivity contribution < 1.29 is 14.3 Å². The molecule has 2 fully saturated rings. The van der Waals surface area contributed by atoms with Gasteiger partial charge in [-0.3, -0.25) is 0 Å². The van der Waals surface area contributed by atoms with Gasteiger partial charge in [-0.25, -0.2) is 4.79 Å². The topological polar surface area (TPSA) is 47.6 Å². The third-order valence-corrected chi connectivity index (χ3v) is 2.61. The second-order valence-corrected chi connectivity index (χ2v) is 3.45. The van der Waals surface area contributed by atoms with Gasteiger partial charge in [0.05, 0.1) is 12.7 Å². The third-order valence-electron chi connectivity index (χ3n) is 2.61. The number of carbonyl (C=O) groups excluding carboxylic acids is 1. The Morgan fingerprint density at radius 3 is 2.83 bits per heavy atom. The van der Waals surface area contributed by atoms with Crippen LogP contribution in [0.25, 0.3) is 0 Å². The predicted octanol–water partition coefficient (Wildman–Crippen LogP) is -0.320. The highest BCUT2D eigenvalue weighted by molar-refractivity contribution is 5.74. The van der Waals surface area contributed by atoms with Crippen LogP contribution >= 0.6 is 0 Å². The standard InChI is InChI=1S/C8H13NO3/c1-11-7(10)6-2-3-8(12-6)4-9-5-8/h6,9H,2-5H2,1H3. The summed E-state index contributed by atoms with van der Waals surface area (Å²) < 4.78 is 10.2. The molecule has 4 heteroatoms. The lowest BCUT2D eigenvalue weighted by atomic mass is 9.93. The van der Waals surface area contributed by atoms with Gasteiger partial charge >= 0.3 is 5.97 Å². The van der Waals surface area contributed by atoms with Gasteiger partial charge < -0.3 is 14.8 Å². The fourth-order valence-corrected chi connectivity index (χ4v) is 1.78. The maximum absolute atomic E-state index is 11.1. The van der Waals surface area contributed by atoms with Gasteiger partial charge in [-0.15, -0.1) is 0 Å². The van der Waals surface area contributed by atoms with Crippen molar-refractivity contribution in [2.45, 2.75) is 24.5 Å². The molecule has 2 heterocycles. The number of nitrogens with one attached hydrogen (secondary N) is 1. The first-order chi connectivity index (χ1) is 5.76. The Morgan fingerprint density at radius 1 is 1.67 bits per heavy atom. The minimum Gasteiger partial charge on any atom is -0.467 e. The molecule has 12 heavy (non-hydrogen) atoms. The second kappa shape index (κ2) is 2.71. The number of hydrogen-bond acceptors (Lipinski definition) is 4.